The van der Waals surface area contributed by atoms with Gasteiger partial charge in [-0.3, -0.25) is 0 Å². The third-order valence-corrected chi connectivity index (χ3v) is 5.18. The van der Waals surface area contributed by atoms with Crippen LogP contribution in [0.2, 0.25) is 0 Å². The summed E-state index contributed by atoms with van der Waals surface area (Å²) < 4.78 is 0. The van der Waals surface area contributed by atoms with E-state index in [1.165, 1.54) is 43.4 Å². The van der Waals surface area contributed by atoms with E-state index < -0.39 is 0 Å². The highest BCUT2D eigenvalue weighted by molar-refractivity contribution is 8.00. The van der Waals surface area contributed by atoms with Crippen LogP contribution < -0.4 is 0 Å². The van der Waals surface area contributed by atoms with Gasteiger partial charge in [-0.05, 0) is 37.3 Å². The van der Waals surface area contributed by atoms with Crippen molar-refractivity contribution >= 4 is 23.4 Å². The van der Waals surface area contributed by atoms with E-state index in [1.807, 2.05) is 0 Å². The van der Waals surface area contributed by atoms with Crippen LogP contribution >= 0.6 is 23.4 Å². The first-order valence-corrected chi connectivity index (χ1v) is 8.00. The lowest BCUT2D eigenvalue weighted by molar-refractivity contribution is 0.604. The summed E-state index contributed by atoms with van der Waals surface area (Å²) in [5.41, 5.74) is 1.54. The van der Waals surface area contributed by atoms with Gasteiger partial charge in [0.15, 0.2) is 0 Å². The van der Waals surface area contributed by atoms with Gasteiger partial charge in [-0.2, -0.15) is 0 Å². The summed E-state index contributed by atoms with van der Waals surface area (Å²) in [5, 5.41) is 1.19. The van der Waals surface area contributed by atoms with E-state index in [-0.39, 0.29) is 0 Å². The van der Waals surface area contributed by atoms with Crippen molar-refractivity contribution in [1.29, 1.82) is 0 Å². The van der Waals surface area contributed by atoms with E-state index >= 15 is 0 Å². The Morgan fingerprint density at radius 1 is 1.35 bits per heavy atom. The summed E-state index contributed by atoms with van der Waals surface area (Å²) in [6.45, 7) is 2.21. The molecular weight excluding hydrogens is 248 g/mol. The number of rotatable bonds is 6. The zero-order chi connectivity index (χ0) is 12.1. The molecule has 17 heavy (non-hydrogen) atoms. The van der Waals surface area contributed by atoms with Gasteiger partial charge in [0, 0.05) is 15.5 Å². The second-order valence-corrected chi connectivity index (χ2v) is 6.83. The van der Waals surface area contributed by atoms with Crippen molar-refractivity contribution in [2.24, 2.45) is 0 Å². The predicted molar refractivity (Wildman–Crippen MR) is 78.2 cm³/mol. The maximum atomic E-state index is 6.25. The smallest absolute Gasteiger partial charge is 0.0336 e. The Kier molecular flexibility index (Phi) is 5.24. The van der Waals surface area contributed by atoms with Gasteiger partial charge in [-0.15, -0.1) is 23.4 Å². The molecule has 94 valence electrons. The van der Waals surface area contributed by atoms with Crippen LogP contribution in [0.5, 0.6) is 0 Å². The third kappa shape index (κ3) is 3.93. The quantitative estimate of drug-likeness (QED) is 0.633. The van der Waals surface area contributed by atoms with Crippen LogP contribution in [0, 0.1) is 0 Å². The molecule has 0 aromatic heterocycles. The lowest BCUT2D eigenvalue weighted by Crippen LogP contribution is -2.03. The zero-order valence-electron chi connectivity index (χ0n) is 10.5. The molecule has 0 nitrogen and oxygen atoms in total. The van der Waals surface area contributed by atoms with Crippen molar-refractivity contribution in [2.75, 3.05) is 0 Å². The standard InChI is InChI=1S/C15H21ClS/c1-2-6-13(16)8-5-9-14-11-12-7-3-4-10-15(12)17-14/h3-4,7,10,13-14H,2,5-6,8-9,11H2,1H3. The lowest BCUT2D eigenvalue weighted by Gasteiger charge is -2.10. The molecule has 1 aromatic carbocycles. The predicted octanol–water partition coefficient (Wildman–Crippen LogP) is 5.28. The van der Waals surface area contributed by atoms with Crippen molar-refractivity contribution < 1.29 is 0 Å². The van der Waals surface area contributed by atoms with Crippen molar-refractivity contribution in [3.8, 4) is 0 Å². The van der Waals surface area contributed by atoms with Gasteiger partial charge in [0.1, 0.15) is 0 Å². The molecule has 1 aliphatic rings. The third-order valence-electron chi connectivity index (χ3n) is 3.36. The van der Waals surface area contributed by atoms with Crippen LogP contribution in [0.15, 0.2) is 29.2 Å². The second-order valence-electron chi connectivity index (χ2n) is 4.87. The van der Waals surface area contributed by atoms with Gasteiger partial charge in [0.05, 0.1) is 0 Å². The summed E-state index contributed by atoms with van der Waals surface area (Å²) in [6, 6.07) is 8.81. The molecule has 0 aliphatic carbocycles. The van der Waals surface area contributed by atoms with Crippen LogP contribution in [0.4, 0.5) is 0 Å². The average molecular weight is 269 g/mol. The van der Waals surface area contributed by atoms with Gasteiger partial charge < -0.3 is 0 Å². The minimum atomic E-state index is 0.397. The monoisotopic (exact) mass is 268 g/mol. The van der Waals surface area contributed by atoms with E-state index in [0.29, 0.717) is 5.38 Å². The van der Waals surface area contributed by atoms with E-state index in [9.17, 15) is 0 Å². The minimum absolute atomic E-state index is 0.397. The largest absolute Gasteiger partial charge is 0.123 e. The molecule has 2 unspecified atom stereocenters. The van der Waals surface area contributed by atoms with Crippen molar-refractivity contribution in [3.63, 3.8) is 0 Å². The number of alkyl halides is 1. The summed E-state index contributed by atoms with van der Waals surface area (Å²) in [5.74, 6) is 0. The van der Waals surface area contributed by atoms with E-state index in [2.05, 4.69) is 43.0 Å². The highest BCUT2D eigenvalue weighted by Crippen LogP contribution is 2.39. The Morgan fingerprint density at radius 2 is 2.18 bits per heavy atom. The first kappa shape index (κ1) is 13.3. The molecule has 0 bridgehead atoms. The first-order valence-electron chi connectivity index (χ1n) is 6.68. The Labute approximate surface area is 114 Å². The van der Waals surface area contributed by atoms with Gasteiger partial charge >= 0.3 is 0 Å². The molecule has 0 spiro atoms. The SMILES string of the molecule is CCCC(Cl)CCCC1Cc2ccccc2S1. The Balaban J connectivity index is 1.70. The number of fused-ring (bicyclic) bond motifs is 1. The van der Waals surface area contributed by atoms with Gasteiger partial charge in [0.25, 0.3) is 0 Å². The number of benzene rings is 1. The molecular formula is C15H21ClS. The van der Waals surface area contributed by atoms with Crippen LogP contribution in [0.3, 0.4) is 0 Å². The molecule has 2 rings (SSSR count). The summed E-state index contributed by atoms with van der Waals surface area (Å²) >= 11 is 8.31. The minimum Gasteiger partial charge on any atom is -0.123 e. The van der Waals surface area contributed by atoms with Crippen molar-refractivity contribution in [2.45, 2.75) is 61.0 Å². The molecule has 0 N–H and O–H groups in total. The summed E-state index contributed by atoms with van der Waals surface area (Å²) in [7, 11) is 0. The Hall–Kier alpha value is -0.140. The van der Waals surface area contributed by atoms with E-state index in [4.69, 9.17) is 11.6 Å². The second kappa shape index (κ2) is 6.70. The molecule has 1 heterocycles. The van der Waals surface area contributed by atoms with Crippen LogP contribution in [-0.4, -0.2) is 10.6 Å². The zero-order valence-corrected chi connectivity index (χ0v) is 12.1. The Bertz CT molecular complexity index is 326. The number of halogens is 1. The normalized spacial score (nSPS) is 20.2. The van der Waals surface area contributed by atoms with Crippen LogP contribution in [-0.2, 0) is 6.42 Å². The molecule has 0 saturated heterocycles. The number of hydrogen-bond acceptors (Lipinski definition) is 1. The molecule has 1 aromatic rings. The molecule has 0 saturated carbocycles. The summed E-state index contributed by atoms with van der Waals surface area (Å²) in [4.78, 5) is 1.49. The molecule has 0 fully saturated rings. The van der Waals surface area contributed by atoms with Crippen LogP contribution in [0.25, 0.3) is 0 Å². The molecule has 0 radical (unpaired) electrons. The average Bonchev–Trinajstić information content (AvgIpc) is 2.71. The summed E-state index contributed by atoms with van der Waals surface area (Å²) in [6.07, 6.45) is 7.40. The number of hydrogen-bond donors (Lipinski definition) is 0. The maximum Gasteiger partial charge on any atom is 0.0336 e. The van der Waals surface area contributed by atoms with Gasteiger partial charge in [-0.1, -0.05) is 38.0 Å². The Morgan fingerprint density at radius 3 is 2.94 bits per heavy atom. The highest BCUT2D eigenvalue weighted by atomic mass is 35.5. The molecule has 2 heteroatoms. The van der Waals surface area contributed by atoms with E-state index in [1.54, 1.807) is 5.56 Å². The molecule has 2 atom stereocenters. The maximum absolute atomic E-state index is 6.25. The van der Waals surface area contributed by atoms with Crippen LogP contribution in [0.1, 0.15) is 44.6 Å². The fraction of sp³-hybridized carbons (Fsp3) is 0.600. The van der Waals surface area contributed by atoms with E-state index in [0.717, 1.165) is 5.25 Å². The van der Waals surface area contributed by atoms with Crippen molar-refractivity contribution in [1.82, 2.24) is 0 Å². The van der Waals surface area contributed by atoms with Gasteiger partial charge in [-0.25, -0.2) is 0 Å². The van der Waals surface area contributed by atoms with Crippen molar-refractivity contribution in [3.05, 3.63) is 29.8 Å². The first-order chi connectivity index (χ1) is 8.29. The highest BCUT2D eigenvalue weighted by Gasteiger charge is 2.21. The fourth-order valence-corrected chi connectivity index (χ4v) is 4.18. The number of thioether (sulfide) groups is 1. The fourth-order valence-electron chi connectivity index (χ4n) is 2.44. The molecule has 0 amide bonds. The topological polar surface area (TPSA) is 0 Å². The molecule has 1 aliphatic heterocycles. The lowest BCUT2D eigenvalue weighted by atomic mass is 10.0. The van der Waals surface area contributed by atoms with Gasteiger partial charge in [0.2, 0.25) is 0 Å².